The molecule has 3 nitrogen and oxygen atoms in total. The van der Waals surface area contributed by atoms with E-state index in [0.29, 0.717) is 16.9 Å². The first-order chi connectivity index (χ1) is 9.30. The van der Waals surface area contributed by atoms with E-state index in [1.54, 1.807) is 0 Å². The minimum absolute atomic E-state index is 0.357. The number of anilines is 1. The number of nitrogens with zero attached hydrogens (tertiary/aromatic N) is 2. The number of hydrogen-bond donors (Lipinski definition) is 1. The molecule has 0 spiro atoms. The van der Waals surface area contributed by atoms with Gasteiger partial charge in [-0.1, -0.05) is 39.0 Å². The third-order valence-corrected chi connectivity index (χ3v) is 6.00. The first-order valence-corrected chi connectivity index (χ1v) is 8.53. The van der Waals surface area contributed by atoms with Gasteiger partial charge in [0.15, 0.2) is 5.13 Å². The highest BCUT2D eigenvalue weighted by Gasteiger charge is 2.36. The van der Waals surface area contributed by atoms with E-state index >= 15 is 0 Å². The predicted octanol–water partition coefficient (Wildman–Crippen LogP) is 3.61. The zero-order valence-electron chi connectivity index (χ0n) is 13.4. The Kier molecular flexibility index (Phi) is 3.37. The molecule has 1 saturated heterocycles. The second kappa shape index (κ2) is 4.70. The van der Waals surface area contributed by atoms with E-state index in [4.69, 9.17) is 4.98 Å². The van der Waals surface area contributed by atoms with E-state index in [0.717, 1.165) is 19.5 Å². The Morgan fingerprint density at radius 1 is 1.25 bits per heavy atom. The minimum Gasteiger partial charge on any atom is -0.348 e. The van der Waals surface area contributed by atoms with Crippen molar-refractivity contribution in [1.82, 2.24) is 10.3 Å². The van der Waals surface area contributed by atoms with Crippen LogP contribution in [0, 0.1) is 10.8 Å². The molecule has 0 saturated carbocycles. The standard InChI is InChI=1S/C16H27N3S/c1-15(2)6-7-19(10-15)14-18-12-9-16(3,4)8-11(17-5)13(12)20-14/h11,17H,6-10H2,1-5H3. The SMILES string of the molecule is CNC1CC(C)(C)Cc2nc(N3CCC(C)(C)C3)sc21. The minimum atomic E-state index is 0.357. The molecule has 0 radical (unpaired) electrons. The fraction of sp³-hybridized carbons (Fsp3) is 0.812. The largest absolute Gasteiger partial charge is 0.348 e. The van der Waals surface area contributed by atoms with Gasteiger partial charge in [0.2, 0.25) is 0 Å². The maximum absolute atomic E-state index is 5.00. The van der Waals surface area contributed by atoms with Crippen molar-refractivity contribution in [3.63, 3.8) is 0 Å². The van der Waals surface area contributed by atoms with E-state index in [9.17, 15) is 0 Å². The van der Waals surface area contributed by atoms with Gasteiger partial charge in [0.25, 0.3) is 0 Å². The molecular formula is C16H27N3S. The van der Waals surface area contributed by atoms with Crippen LogP contribution < -0.4 is 10.2 Å². The Morgan fingerprint density at radius 3 is 2.60 bits per heavy atom. The molecule has 20 heavy (non-hydrogen) atoms. The van der Waals surface area contributed by atoms with E-state index in [-0.39, 0.29) is 0 Å². The number of nitrogens with one attached hydrogen (secondary N) is 1. The fourth-order valence-electron chi connectivity index (χ4n) is 3.56. The summed E-state index contributed by atoms with van der Waals surface area (Å²) in [6.45, 7) is 11.7. The molecule has 1 aliphatic carbocycles. The monoisotopic (exact) mass is 293 g/mol. The van der Waals surface area contributed by atoms with Gasteiger partial charge < -0.3 is 10.2 Å². The summed E-state index contributed by atoms with van der Waals surface area (Å²) in [5.74, 6) is 0. The summed E-state index contributed by atoms with van der Waals surface area (Å²) in [5.41, 5.74) is 2.13. The molecule has 0 aromatic carbocycles. The predicted molar refractivity (Wildman–Crippen MR) is 86.6 cm³/mol. The summed E-state index contributed by atoms with van der Waals surface area (Å²) in [4.78, 5) is 8.96. The molecule has 1 aromatic heterocycles. The average molecular weight is 293 g/mol. The summed E-state index contributed by atoms with van der Waals surface area (Å²) < 4.78 is 0. The second-order valence-electron chi connectivity index (χ2n) is 8.03. The van der Waals surface area contributed by atoms with Crippen LogP contribution >= 0.6 is 11.3 Å². The van der Waals surface area contributed by atoms with Gasteiger partial charge in [-0.3, -0.25) is 0 Å². The Morgan fingerprint density at radius 2 is 2.00 bits per heavy atom. The smallest absolute Gasteiger partial charge is 0.185 e. The van der Waals surface area contributed by atoms with Crippen LogP contribution in [0.3, 0.4) is 0 Å². The molecule has 1 N–H and O–H groups in total. The highest BCUT2D eigenvalue weighted by atomic mass is 32.1. The third kappa shape index (κ3) is 2.60. The molecule has 112 valence electrons. The van der Waals surface area contributed by atoms with E-state index in [2.05, 4.69) is 45.0 Å². The third-order valence-electron chi connectivity index (χ3n) is 4.73. The Hall–Kier alpha value is -0.610. The van der Waals surface area contributed by atoms with Crippen LogP contribution in [0.1, 0.15) is 57.1 Å². The van der Waals surface area contributed by atoms with E-state index in [1.807, 2.05) is 11.3 Å². The second-order valence-corrected chi connectivity index (χ2v) is 9.04. The number of aromatic nitrogens is 1. The van der Waals surface area contributed by atoms with Gasteiger partial charge in [0.05, 0.1) is 5.69 Å². The van der Waals surface area contributed by atoms with Crippen LogP contribution in [0.15, 0.2) is 0 Å². The van der Waals surface area contributed by atoms with Crippen molar-refractivity contribution in [3.8, 4) is 0 Å². The molecule has 0 amide bonds. The highest BCUT2D eigenvalue weighted by Crippen LogP contribution is 2.45. The van der Waals surface area contributed by atoms with Gasteiger partial charge in [-0.25, -0.2) is 4.98 Å². The van der Waals surface area contributed by atoms with Crippen LogP contribution in [-0.4, -0.2) is 25.1 Å². The Bertz CT molecular complexity index is 504. The molecule has 4 heteroatoms. The fourth-order valence-corrected chi connectivity index (χ4v) is 4.78. The zero-order chi connectivity index (χ0) is 14.5. The summed E-state index contributed by atoms with van der Waals surface area (Å²) in [6.07, 6.45) is 3.61. The quantitative estimate of drug-likeness (QED) is 0.903. The van der Waals surface area contributed by atoms with Gasteiger partial charge in [-0.05, 0) is 37.1 Å². The summed E-state index contributed by atoms with van der Waals surface area (Å²) >= 11 is 1.92. The summed E-state index contributed by atoms with van der Waals surface area (Å²) in [5, 5.41) is 4.74. The molecule has 1 atom stereocenters. The van der Waals surface area contributed by atoms with Crippen molar-refractivity contribution < 1.29 is 0 Å². The lowest BCUT2D eigenvalue weighted by Crippen LogP contribution is -2.30. The number of rotatable bonds is 2. The van der Waals surface area contributed by atoms with E-state index < -0.39 is 0 Å². The number of fused-ring (bicyclic) bond motifs is 1. The zero-order valence-corrected chi connectivity index (χ0v) is 14.2. The van der Waals surface area contributed by atoms with Crippen LogP contribution in [0.25, 0.3) is 0 Å². The number of hydrogen-bond acceptors (Lipinski definition) is 4. The van der Waals surface area contributed by atoms with Gasteiger partial charge in [-0.15, -0.1) is 0 Å². The van der Waals surface area contributed by atoms with Crippen molar-refractivity contribution in [3.05, 3.63) is 10.6 Å². The molecule has 1 fully saturated rings. The molecular weight excluding hydrogens is 266 g/mol. The lowest BCUT2D eigenvalue weighted by atomic mass is 9.76. The molecule has 2 heterocycles. The lowest BCUT2D eigenvalue weighted by molar-refractivity contribution is 0.265. The van der Waals surface area contributed by atoms with Gasteiger partial charge >= 0.3 is 0 Å². The van der Waals surface area contributed by atoms with Crippen molar-refractivity contribution in [2.45, 2.75) is 53.0 Å². The Labute approximate surface area is 126 Å². The topological polar surface area (TPSA) is 28.2 Å². The van der Waals surface area contributed by atoms with Gasteiger partial charge in [-0.2, -0.15) is 0 Å². The van der Waals surface area contributed by atoms with E-state index in [1.165, 1.54) is 28.5 Å². The van der Waals surface area contributed by atoms with Crippen molar-refractivity contribution in [2.24, 2.45) is 10.8 Å². The molecule has 1 unspecified atom stereocenters. The van der Waals surface area contributed by atoms with Crippen molar-refractivity contribution in [1.29, 1.82) is 0 Å². The lowest BCUT2D eigenvalue weighted by Gasteiger charge is -2.34. The van der Waals surface area contributed by atoms with Crippen LogP contribution in [0.4, 0.5) is 5.13 Å². The first-order valence-electron chi connectivity index (χ1n) is 7.71. The van der Waals surface area contributed by atoms with Crippen LogP contribution in [0.5, 0.6) is 0 Å². The summed E-state index contributed by atoms with van der Waals surface area (Å²) in [7, 11) is 2.08. The molecule has 1 aromatic rings. The summed E-state index contributed by atoms with van der Waals surface area (Å²) in [6, 6.07) is 0.482. The normalized spacial score (nSPS) is 27.6. The van der Waals surface area contributed by atoms with Crippen molar-refractivity contribution in [2.75, 3.05) is 25.0 Å². The molecule has 2 aliphatic rings. The molecule has 3 rings (SSSR count). The van der Waals surface area contributed by atoms with Gasteiger partial charge in [0.1, 0.15) is 0 Å². The number of thiazole rings is 1. The first kappa shape index (κ1) is 14.3. The maximum atomic E-state index is 5.00. The highest BCUT2D eigenvalue weighted by molar-refractivity contribution is 7.15. The maximum Gasteiger partial charge on any atom is 0.185 e. The van der Waals surface area contributed by atoms with Crippen molar-refractivity contribution >= 4 is 16.5 Å². The molecule has 0 bridgehead atoms. The van der Waals surface area contributed by atoms with Gasteiger partial charge in [0, 0.05) is 24.0 Å². The van der Waals surface area contributed by atoms with Crippen LogP contribution in [0.2, 0.25) is 0 Å². The molecule has 1 aliphatic heterocycles. The average Bonchev–Trinajstić information content (AvgIpc) is 2.89. The Balaban J connectivity index is 1.89. The van der Waals surface area contributed by atoms with Crippen LogP contribution in [-0.2, 0) is 6.42 Å².